The van der Waals surface area contributed by atoms with Crippen molar-refractivity contribution in [3.05, 3.63) is 83.4 Å². The minimum Gasteiger partial charge on any atom is -0.497 e. The Kier molecular flexibility index (Phi) is 6.54. The molecule has 2 N–H and O–H groups in total. The summed E-state index contributed by atoms with van der Waals surface area (Å²) < 4.78 is 15.8. The number of nitrogens with one attached hydrogen (secondary N) is 2. The molecule has 2 aromatic carbocycles. The molecular weight excluding hydrogens is 384 g/mol. The zero-order chi connectivity index (χ0) is 21.5. The van der Waals surface area contributed by atoms with Crippen LogP contribution in [0.25, 0.3) is 6.08 Å². The number of anilines is 1. The first kappa shape index (κ1) is 20.7. The van der Waals surface area contributed by atoms with Crippen LogP contribution in [0.3, 0.4) is 0 Å². The van der Waals surface area contributed by atoms with Gasteiger partial charge in [0.15, 0.2) is 0 Å². The number of benzene rings is 2. The summed E-state index contributed by atoms with van der Waals surface area (Å²) in [6.07, 6.45) is 2.94. The monoisotopic (exact) mass is 406 g/mol. The molecule has 7 heteroatoms. The molecule has 3 aromatic rings. The minimum absolute atomic E-state index is 0.0217. The van der Waals surface area contributed by atoms with E-state index in [0.29, 0.717) is 28.5 Å². The average Bonchev–Trinajstić information content (AvgIpc) is 3.27. The Bertz CT molecular complexity index is 1050. The van der Waals surface area contributed by atoms with Crippen molar-refractivity contribution in [1.82, 2.24) is 5.32 Å². The van der Waals surface area contributed by atoms with Crippen LogP contribution in [0.1, 0.15) is 21.7 Å². The zero-order valence-corrected chi connectivity index (χ0v) is 16.9. The van der Waals surface area contributed by atoms with E-state index in [1.54, 1.807) is 42.5 Å². The fourth-order valence-corrected chi connectivity index (χ4v) is 2.66. The molecule has 3 rings (SSSR count). The molecule has 0 saturated heterocycles. The maximum absolute atomic E-state index is 13.0. The molecule has 0 spiro atoms. The topological polar surface area (TPSA) is 89.8 Å². The predicted octanol–water partition coefficient (Wildman–Crippen LogP) is 4.01. The third kappa shape index (κ3) is 5.08. The average molecular weight is 406 g/mol. The lowest BCUT2D eigenvalue weighted by atomic mass is 10.1. The molecule has 0 radical (unpaired) electrons. The molecular formula is C23H22N2O5. The van der Waals surface area contributed by atoms with Crippen molar-refractivity contribution in [1.29, 1.82) is 0 Å². The Morgan fingerprint density at radius 3 is 2.40 bits per heavy atom. The number of amides is 2. The molecule has 1 heterocycles. The maximum Gasteiger partial charge on any atom is 0.272 e. The van der Waals surface area contributed by atoms with Crippen molar-refractivity contribution in [2.75, 3.05) is 19.5 Å². The quantitative estimate of drug-likeness (QED) is 0.579. The lowest BCUT2D eigenvalue weighted by Crippen LogP contribution is -2.30. The van der Waals surface area contributed by atoms with Crippen molar-refractivity contribution >= 4 is 23.6 Å². The first-order chi connectivity index (χ1) is 14.5. The van der Waals surface area contributed by atoms with Crippen LogP contribution in [-0.4, -0.2) is 26.0 Å². The van der Waals surface area contributed by atoms with Crippen molar-refractivity contribution in [3.63, 3.8) is 0 Å². The molecule has 1 aromatic heterocycles. The number of carbonyl (C=O) groups is 2. The van der Waals surface area contributed by atoms with Gasteiger partial charge in [-0.3, -0.25) is 9.59 Å². The molecule has 0 atom stereocenters. The second-order valence-corrected chi connectivity index (χ2v) is 6.41. The number of aryl methyl sites for hydroxylation is 1. The highest BCUT2D eigenvalue weighted by atomic mass is 16.5. The number of rotatable bonds is 7. The Morgan fingerprint density at radius 2 is 1.77 bits per heavy atom. The molecule has 0 fully saturated rings. The van der Waals surface area contributed by atoms with Crippen molar-refractivity contribution in [2.24, 2.45) is 0 Å². The van der Waals surface area contributed by atoms with Gasteiger partial charge in [-0.1, -0.05) is 17.7 Å². The van der Waals surface area contributed by atoms with E-state index in [1.807, 2.05) is 19.1 Å². The molecule has 0 aliphatic heterocycles. The van der Waals surface area contributed by atoms with Gasteiger partial charge in [0.1, 0.15) is 23.0 Å². The van der Waals surface area contributed by atoms with Gasteiger partial charge in [-0.15, -0.1) is 0 Å². The molecule has 0 aliphatic carbocycles. The van der Waals surface area contributed by atoms with Crippen molar-refractivity contribution in [3.8, 4) is 11.5 Å². The summed E-state index contributed by atoms with van der Waals surface area (Å²) in [6, 6.07) is 15.4. The van der Waals surface area contributed by atoms with E-state index in [-0.39, 0.29) is 5.70 Å². The number of hydrogen-bond acceptors (Lipinski definition) is 5. The molecule has 0 saturated carbocycles. The van der Waals surface area contributed by atoms with E-state index in [1.165, 1.54) is 26.6 Å². The third-order valence-electron chi connectivity index (χ3n) is 4.29. The van der Waals surface area contributed by atoms with Crippen LogP contribution in [-0.2, 0) is 4.79 Å². The van der Waals surface area contributed by atoms with Gasteiger partial charge in [0.2, 0.25) is 0 Å². The van der Waals surface area contributed by atoms with Gasteiger partial charge in [0.25, 0.3) is 11.8 Å². The number of hydrogen-bond donors (Lipinski definition) is 2. The maximum atomic E-state index is 13.0. The summed E-state index contributed by atoms with van der Waals surface area (Å²) in [5, 5.41) is 5.40. The number of carbonyl (C=O) groups excluding carboxylic acids is 2. The molecule has 7 nitrogen and oxygen atoms in total. The summed E-state index contributed by atoms with van der Waals surface area (Å²) in [4.78, 5) is 25.6. The van der Waals surface area contributed by atoms with E-state index >= 15 is 0 Å². The second kappa shape index (κ2) is 9.47. The zero-order valence-electron chi connectivity index (χ0n) is 16.9. The van der Waals surface area contributed by atoms with Crippen molar-refractivity contribution in [2.45, 2.75) is 6.92 Å². The van der Waals surface area contributed by atoms with Gasteiger partial charge in [0, 0.05) is 17.7 Å². The standard InChI is InChI=1S/C23H22N2O5/c1-15-6-8-16(9-7-15)22(26)25-20(13-18-5-4-12-30-18)23(27)24-19-11-10-17(28-2)14-21(19)29-3/h4-14H,1-3H3,(H,24,27)(H,25,26)/b20-13-. The van der Waals surface area contributed by atoms with Gasteiger partial charge in [-0.2, -0.15) is 0 Å². The van der Waals surface area contributed by atoms with Gasteiger partial charge in [0.05, 0.1) is 26.2 Å². The smallest absolute Gasteiger partial charge is 0.272 e. The number of ether oxygens (including phenoxy) is 2. The Morgan fingerprint density at radius 1 is 1.00 bits per heavy atom. The van der Waals surface area contributed by atoms with Crippen LogP contribution in [0, 0.1) is 6.92 Å². The number of furan rings is 1. The second-order valence-electron chi connectivity index (χ2n) is 6.41. The molecule has 0 aliphatic rings. The van der Waals surface area contributed by atoms with Gasteiger partial charge < -0.3 is 24.5 Å². The summed E-state index contributed by atoms with van der Waals surface area (Å²) in [5.41, 5.74) is 1.91. The van der Waals surface area contributed by atoms with E-state index < -0.39 is 11.8 Å². The van der Waals surface area contributed by atoms with Crippen LogP contribution < -0.4 is 20.1 Å². The van der Waals surface area contributed by atoms with Gasteiger partial charge >= 0.3 is 0 Å². The molecule has 154 valence electrons. The van der Waals surface area contributed by atoms with Crippen LogP contribution >= 0.6 is 0 Å². The summed E-state index contributed by atoms with van der Waals surface area (Å²) in [6.45, 7) is 1.93. The Labute approximate surface area is 174 Å². The Balaban J connectivity index is 1.86. The van der Waals surface area contributed by atoms with Crippen LogP contribution in [0.2, 0.25) is 0 Å². The summed E-state index contributed by atoms with van der Waals surface area (Å²) in [7, 11) is 3.03. The van der Waals surface area contributed by atoms with Crippen LogP contribution in [0.15, 0.2) is 71.0 Å². The van der Waals surface area contributed by atoms with Crippen LogP contribution in [0.5, 0.6) is 11.5 Å². The molecule has 0 unspecified atom stereocenters. The van der Waals surface area contributed by atoms with E-state index in [0.717, 1.165) is 5.56 Å². The fraction of sp³-hybridized carbons (Fsp3) is 0.130. The summed E-state index contributed by atoms with van der Waals surface area (Å²) in [5.74, 6) is 0.486. The Hall–Kier alpha value is -4.00. The van der Waals surface area contributed by atoms with Crippen molar-refractivity contribution < 1.29 is 23.5 Å². The minimum atomic E-state index is -0.532. The fourth-order valence-electron chi connectivity index (χ4n) is 2.66. The molecule has 0 bridgehead atoms. The van der Waals surface area contributed by atoms with E-state index in [4.69, 9.17) is 13.9 Å². The predicted molar refractivity (Wildman–Crippen MR) is 114 cm³/mol. The van der Waals surface area contributed by atoms with Gasteiger partial charge in [-0.25, -0.2) is 0 Å². The number of methoxy groups -OCH3 is 2. The summed E-state index contributed by atoms with van der Waals surface area (Å²) >= 11 is 0. The van der Waals surface area contributed by atoms with E-state index in [9.17, 15) is 9.59 Å². The lowest BCUT2D eigenvalue weighted by molar-refractivity contribution is -0.113. The van der Waals surface area contributed by atoms with E-state index in [2.05, 4.69) is 10.6 Å². The van der Waals surface area contributed by atoms with Gasteiger partial charge in [-0.05, 0) is 43.3 Å². The highest BCUT2D eigenvalue weighted by Crippen LogP contribution is 2.29. The lowest BCUT2D eigenvalue weighted by Gasteiger charge is -2.14. The molecule has 30 heavy (non-hydrogen) atoms. The third-order valence-corrected chi connectivity index (χ3v) is 4.29. The molecule has 2 amide bonds. The normalized spacial score (nSPS) is 11.0. The first-order valence-electron chi connectivity index (χ1n) is 9.16. The largest absolute Gasteiger partial charge is 0.497 e. The van der Waals surface area contributed by atoms with Crippen LogP contribution in [0.4, 0.5) is 5.69 Å². The highest BCUT2D eigenvalue weighted by molar-refractivity contribution is 6.11. The SMILES string of the molecule is COc1ccc(NC(=O)/C(=C/c2ccco2)NC(=O)c2ccc(C)cc2)c(OC)c1. The first-order valence-corrected chi connectivity index (χ1v) is 9.16. The highest BCUT2D eigenvalue weighted by Gasteiger charge is 2.17.